The molecule has 0 aromatic heterocycles. The number of nitrogens with zero attached hydrogens (tertiary/aromatic N) is 2. The van der Waals surface area contributed by atoms with E-state index in [0.717, 1.165) is 41.3 Å². The van der Waals surface area contributed by atoms with E-state index in [-0.39, 0.29) is 0 Å². The van der Waals surface area contributed by atoms with Crippen molar-refractivity contribution in [1.29, 1.82) is 0 Å². The molecule has 1 aliphatic rings. The first-order chi connectivity index (χ1) is 39.6. The summed E-state index contributed by atoms with van der Waals surface area (Å²) in [6.07, 6.45) is 6.48. The molecule has 0 unspecified atom stereocenters. The molecule has 13 rings (SSSR count). The molecular weight excluding hydrogens is 965 g/mol. The number of hydrogen-bond acceptors (Lipinski definition) is 2. The van der Waals surface area contributed by atoms with Gasteiger partial charge in [0.15, 0.2) is 0 Å². The van der Waals surface area contributed by atoms with E-state index in [1.54, 1.807) is 0 Å². The first-order valence-electron chi connectivity index (χ1n) is 27.7. The molecule has 0 radical (unpaired) electrons. The molecule has 0 atom stereocenters. The smallest absolute Gasteiger partial charge is 0.0473 e. The molecule has 0 heterocycles. The fraction of sp³-hybridized carbons (Fsp3) is 0.0256. The Morgan fingerprint density at radius 1 is 0.175 bits per heavy atom. The van der Waals surface area contributed by atoms with Crippen LogP contribution in [0.1, 0.15) is 18.4 Å². The first-order valence-corrected chi connectivity index (χ1v) is 27.7. The third-order valence-corrected chi connectivity index (χ3v) is 15.4. The Labute approximate surface area is 470 Å². The van der Waals surface area contributed by atoms with Crippen molar-refractivity contribution in [2.24, 2.45) is 0 Å². The minimum absolute atomic E-state index is 0.887. The molecule has 80 heavy (non-hydrogen) atoms. The normalized spacial score (nSPS) is 12.1. The average Bonchev–Trinajstić information content (AvgIpc) is 3.58. The van der Waals surface area contributed by atoms with Gasteiger partial charge in [0.25, 0.3) is 0 Å². The van der Waals surface area contributed by atoms with Gasteiger partial charge in [-0.1, -0.05) is 249 Å². The summed E-state index contributed by atoms with van der Waals surface area (Å²) in [5.41, 5.74) is 26.0. The van der Waals surface area contributed by atoms with Crippen LogP contribution in [0.4, 0.5) is 28.4 Å². The maximum absolute atomic E-state index is 2.47. The zero-order valence-corrected chi connectivity index (χ0v) is 44.5. The molecule has 1 aliphatic carbocycles. The van der Waals surface area contributed by atoms with Gasteiger partial charge in [0.1, 0.15) is 0 Å². The summed E-state index contributed by atoms with van der Waals surface area (Å²) >= 11 is 0. The fourth-order valence-electron chi connectivity index (χ4n) is 11.2. The van der Waals surface area contributed by atoms with Gasteiger partial charge in [0.05, 0.1) is 0 Å². The minimum atomic E-state index is 0.887. The average molecular weight is 1020 g/mol. The Morgan fingerprint density at radius 3 is 0.725 bits per heavy atom. The monoisotopic (exact) mass is 1020 g/mol. The van der Waals surface area contributed by atoms with E-state index in [1.165, 1.54) is 94.7 Å². The predicted molar refractivity (Wildman–Crippen MR) is 339 cm³/mol. The summed E-state index contributed by atoms with van der Waals surface area (Å²) < 4.78 is 0. The third-order valence-electron chi connectivity index (χ3n) is 15.4. The molecule has 12 aromatic rings. The Morgan fingerprint density at radius 2 is 0.425 bits per heavy atom. The largest absolute Gasteiger partial charge is 0.314 e. The summed E-state index contributed by atoms with van der Waals surface area (Å²) in [5.74, 6) is 0. The summed E-state index contributed by atoms with van der Waals surface area (Å²) in [6, 6.07) is 114. The highest BCUT2D eigenvalue weighted by molar-refractivity contribution is 5.88. The number of benzene rings is 12. The lowest BCUT2D eigenvalue weighted by Crippen LogP contribution is -2.18. The van der Waals surface area contributed by atoms with E-state index in [0.29, 0.717) is 0 Å². The summed E-state index contributed by atoms with van der Waals surface area (Å²) in [6.45, 7) is 0. The molecular formula is C78H58N2. The maximum atomic E-state index is 2.47. The van der Waals surface area contributed by atoms with Crippen molar-refractivity contribution in [2.75, 3.05) is 9.80 Å². The molecule has 0 saturated carbocycles. The highest BCUT2D eigenvalue weighted by Gasteiger charge is 2.22. The molecule has 2 heteroatoms. The van der Waals surface area contributed by atoms with Crippen molar-refractivity contribution < 1.29 is 0 Å². The van der Waals surface area contributed by atoms with Gasteiger partial charge in [-0.15, -0.1) is 0 Å². The van der Waals surface area contributed by atoms with E-state index < -0.39 is 0 Å². The molecule has 2 nitrogen and oxygen atoms in total. The number of anilines is 5. The van der Waals surface area contributed by atoms with Gasteiger partial charge in [-0.25, -0.2) is 0 Å². The Balaban J connectivity index is 0.824. The van der Waals surface area contributed by atoms with Crippen LogP contribution in [0.3, 0.4) is 0 Å². The van der Waals surface area contributed by atoms with Crippen molar-refractivity contribution in [3.63, 3.8) is 0 Å². The fourth-order valence-corrected chi connectivity index (χ4v) is 11.2. The second-order valence-corrected chi connectivity index (χ2v) is 20.5. The van der Waals surface area contributed by atoms with Crippen LogP contribution in [-0.2, 0) is 0 Å². The van der Waals surface area contributed by atoms with Crippen LogP contribution < -0.4 is 9.80 Å². The van der Waals surface area contributed by atoms with E-state index >= 15 is 0 Å². The first kappa shape index (κ1) is 49.3. The lowest BCUT2D eigenvalue weighted by Gasteiger charge is -2.31. The quantitative estimate of drug-likeness (QED) is 0.107. The molecule has 0 saturated heterocycles. The highest BCUT2D eigenvalue weighted by atomic mass is 15.2. The van der Waals surface area contributed by atoms with Gasteiger partial charge >= 0.3 is 0 Å². The molecule has 0 fully saturated rings. The Hall–Kier alpha value is -10.3. The topological polar surface area (TPSA) is 6.48 Å². The molecule has 0 spiro atoms. The zero-order valence-electron chi connectivity index (χ0n) is 44.5. The van der Waals surface area contributed by atoms with Crippen LogP contribution in [0.2, 0.25) is 0 Å². The lowest BCUT2D eigenvalue weighted by atomic mass is 9.92. The summed E-state index contributed by atoms with van der Waals surface area (Å²) in [4.78, 5) is 4.86. The van der Waals surface area contributed by atoms with Gasteiger partial charge in [-0.05, 0) is 181 Å². The van der Waals surface area contributed by atoms with Crippen molar-refractivity contribution in [1.82, 2.24) is 0 Å². The maximum Gasteiger partial charge on any atom is 0.0473 e. The predicted octanol–water partition coefficient (Wildman–Crippen LogP) is 21.7. The summed E-state index contributed by atoms with van der Waals surface area (Å²) in [7, 11) is 0. The van der Waals surface area contributed by atoms with Crippen molar-refractivity contribution in [3.8, 4) is 77.9 Å². The molecule has 0 bridgehead atoms. The van der Waals surface area contributed by atoms with Gasteiger partial charge in [0.2, 0.25) is 0 Å². The van der Waals surface area contributed by atoms with Gasteiger partial charge in [0, 0.05) is 34.1 Å². The van der Waals surface area contributed by atoms with Crippen molar-refractivity contribution in [3.05, 3.63) is 339 Å². The third kappa shape index (κ3) is 10.7. The van der Waals surface area contributed by atoms with Crippen LogP contribution in [0.15, 0.2) is 333 Å². The van der Waals surface area contributed by atoms with Gasteiger partial charge < -0.3 is 9.80 Å². The minimum Gasteiger partial charge on any atom is -0.314 e. The summed E-state index contributed by atoms with van der Waals surface area (Å²) in [5, 5.41) is 0. The molecule has 0 amide bonds. The highest BCUT2D eigenvalue weighted by Crippen LogP contribution is 2.43. The lowest BCUT2D eigenvalue weighted by molar-refractivity contribution is 0.930. The standard InChI is InChI=1S/C78H58N2/c1-7-19-57(20-8-1)65-35-43-73(44-36-65)79(77-53-69(59-23-11-3-12-24-59)51-70(54-77)60-25-13-4-14-26-60)75-47-39-67(40-48-75)63-31-33-64(34-32-63)68-41-49-76(50-42-68)80(74-45-37-66(38-46-74)58-21-9-2-10-22-58)78-55-71(61-27-15-5-16-28-61)52-72(56-78)62-29-17-6-18-30-62/h1-41,43-49,51-56H,42,50H2. The van der Waals surface area contributed by atoms with Crippen molar-refractivity contribution >= 4 is 34.0 Å². The zero-order chi connectivity index (χ0) is 53.5. The molecule has 0 N–H and O–H groups in total. The van der Waals surface area contributed by atoms with E-state index in [4.69, 9.17) is 0 Å². The van der Waals surface area contributed by atoms with Gasteiger partial charge in [-0.2, -0.15) is 0 Å². The van der Waals surface area contributed by atoms with Gasteiger partial charge in [-0.3, -0.25) is 0 Å². The second-order valence-electron chi connectivity index (χ2n) is 20.5. The molecule has 380 valence electrons. The van der Waals surface area contributed by atoms with Crippen LogP contribution in [0.5, 0.6) is 0 Å². The molecule has 12 aromatic carbocycles. The van der Waals surface area contributed by atoms with Crippen LogP contribution in [0, 0.1) is 0 Å². The SMILES string of the molecule is C1=C(c2ccc(-c3ccc(N(c4ccc(-c5ccccc5)cc4)c4cc(-c5ccccc5)cc(-c5ccccc5)c4)cc3)cc2)CCC(N(c2ccc(-c3ccccc3)cc2)c2cc(-c3ccccc3)cc(-c3ccccc3)c2)=C1. The van der Waals surface area contributed by atoms with Crippen LogP contribution in [-0.4, -0.2) is 0 Å². The number of allylic oxidation sites excluding steroid dienone is 4. The van der Waals surface area contributed by atoms with Crippen molar-refractivity contribution in [2.45, 2.75) is 12.8 Å². The van der Waals surface area contributed by atoms with E-state index in [2.05, 4.69) is 337 Å². The van der Waals surface area contributed by atoms with Crippen LogP contribution >= 0.6 is 0 Å². The van der Waals surface area contributed by atoms with E-state index in [9.17, 15) is 0 Å². The van der Waals surface area contributed by atoms with E-state index in [1.807, 2.05) is 0 Å². The van der Waals surface area contributed by atoms with Crippen LogP contribution in [0.25, 0.3) is 83.5 Å². The number of hydrogen-bond donors (Lipinski definition) is 0. The Bertz CT molecular complexity index is 3960. The number of rotatable bonds is 14. The molecule has 0 aliphatic heterocycles. The second kappa shape index (κ2) is 22.7. The Kier molecular flexibility index (Phi) is 14.0.